The third-order valence-electron chi connectivity index (χ3n) is 0.455. The molecule has 1 heterocycles. The Morgan fingerprint density at radius 1 is 1.00 bits per heavy atom. The fraction of sp³-hybridized carbons (Fsp3) is 0. The minimum absolute atomic E-state index is 0. The van der Waals surface area contributed by atoms with Gasteiger partial charge in [-0.05, 0) is 0 Å². The van der Waals surface area contributed by atoms with E-state index in [0.29, 0.717) is 0 Å². The average molecular weight is 126 g/mol. The molecule has 0 spiro atoms. The Balaban J connectivity index is 0. The first-order valence-electron chi connectivity index (χ1n) is 1.52. The van der Waals surface area contributed by atoms with Gasteiger partial charge in [0, 0.05) is 0 Å². The summed E-state index contributed by atoms with van der Waals surface area (Å²) in [4.78, 5) is 3.72. The molecule has 0 fully saturated rings. The Hall–Kier alpha value is 0.336. The largest absolute Gasteiger partial charge is 2.00 e. The van der Waals surface area contributed by atoms with Crippen molar-refractivity contribution >= 4 is 23.1 Å². The molecule has 1 rings (SSSR count). The summed E-state index contributed by atoms with van der Waals surface area (Å²) in [6.45, 7) is 0. The Labute approximate surface area is 65.1 Å². The van der Waals surface area contributed by atoms with Gasteiger partial charge in [-0.3, -0.25) is 0 Å². The van der Waals surface area contributed by atoms with Crippen LogP contribution in [0.1, 0.15) is 0 Å². The second-order valence-corrected chi connectivity index (χ2v) is 0.832. The summed E-state index contributed by atoms with van der Waals surface area (Å²) in [5, 5.41) is 0. The smallest absolute Gasteiger partial charge is 1.00 e. The van der Waals surface area contributed by atoms with E-state index in [1.807, 2.05) is 12.1 Å². The summed E-state index contributed by atoms with van der Waals surface area (Å²) in [5.41, 5.74) is 0. The van der Waals surface area contributed by atoms with Crippen LogP contribution in [-0.2, 0) is 0 Å². The summed E-state index contributed by atoms with van der Waals surface area (Å²) in [6.07, 6.45) is 3.50. The molecular formula is C4H4ClMgN. The van der Waals surface area contributed by atoms with Crippen molar-refractivity contribution in [2.24, 2.45) is 0 Å². The van der Waals surface area contributed by atoms with Crippen LogP contribution in [0.25, 0.3) is 0 Å². The number of hydrogen-bond donors (Lipinski definition) is 0. The van der Waals surface area contributed by atoms with E-state index in [9.17, 15) is 0 Å². The van der Waals surface area contributed by atoms with Crippen molar-refractivity contribution in [3.8, 4) is 0 Å². The summed E-state index contributed by atoms with van der Waals surface area (Å²) < 4.78 is 0. The van der Waals surface area contributed by atoms with Crippen LogP contribution in [0.3, 0.4) is 0 Å². The summed E-state index contributed by atoms with van der Waals surface area (Å²) in [6, 6.07) is 3.78. The summed E-state index contributed by atoms with van der Waals surface area (Å²) in [5.74, 6) is 0. The van der Waals surface area contributed by atoms with Gasteiger partial charge in [0.25, 0.3) is 0 Å². The zero-order chi connectivity index (χ0) is 3.54. The van der Waals surface area contributed by atoms with Crippen molar-refractivity contribution in [2.45, 2.75) is 0 Å². The van der Waals surface area contributed by atoms with Crippen molar-refractivity contribution in [1.82, 2.24) is 4.98 Å². The van der Waals surface area contributed by atoms with Crippen molar-refractivity contribution in [1.29, 1.82) is 0 Å². The number of nitrogens with zero attached hydrogens (tertiary/aromatic N) is 1. The van der Waals surface area contributed by atoms with E-state index in [4.69, 9.17) is 0 Å². The molecule has 1 aromatic rings. The molecule has 0 radical (unpaired) electrons. The van der Waals surface area contributed by atoms with Gasteiger partial charge in [-0.15, -0.1) is 0 Å². The van der Waals surface area contributed by atoms with E-state index in [2.05, 4.69) is 4.98 Å². The SMILES string of the molecule is [Cl-].[Mg+2].c1cc[n-]c1. The molecule has 0 aliphatic rings. The molecule has 0 amide bonds. The summed E-state index contributed by atoms with van der Waals surface area (Å²) >= 11 is 0. The van der Waals surface area contributed by atoms with Crippen LogP contribution < -0.4 is 17.4 Å². The maximum Gasteiger partial charge on any atom is 2.00 e. The average Bonchev–Trinajstić information content (AvgIpc) is 1.76. The first-order valence-corrected chi connectivity index (χ1v) is 1.52. The molecule has 0 N–H and O–H groups in total. The van der Waals surface area contributed by atoms with Gasteiger partial charge >= 0.3 is 23.1 Å². The molecule has 0 saturated carbocycles. The van der Waals surface area contributed by atoms with Gasteiger partial charge in [-0.25, -0.2) is 0 Å². The molecule has 0 unspecified atom stereocenters. The van der Waals surface area contributed by atoms with Crippen molar-refractivity contribution in [3.05, 3.63) is 24.5 Å². The zero-order valence-corrected chi connectivity index (χ0v) is 6.01. The number of rotatable bonds is 0. The molecule has 1 nitrogen and oxygen atoms in total. The van der Waals surface area contributed by atoms with Crippen molar-refractivity contribution in [3.63, 3.8) is 0 Å². The van der Waals surface area contributed by atoms with E-state index in [1.165, 1.54) is 0 Å². The molecule has 7 heavy (non-hydrogen) atoms. The van der Waals surface area contributed by atoms with Crippen LogP contribution in [0.4, 0.5) is 0 Å². The van der Waals surface area contributed by atoms with Crippen LogP contribution >= 0.6 is 0 Å². The Morgan fingerprint density at radius 3 is 1.57 bits per heavy atom. The van der Waals surface area contributed by atoms with E-state index < -0.39 is 0 Å². The van der Waals surface area contributed by atoms with Crippen LogP contribution in [0.15, 0.2) is 24.5 Å². The first-order chi connectivity index (χ1) is 2.50. The van der Waals surface area contributed by atoms with Gasteiger partial charge in [0.15, 0.2) is 0 Å². The minimum atomic E-state index is 0. The Kier molecular flexibility index (Phi) is 9.36. The first kappa shape index (κ1) is 10.3. The number of aromatic nitrogens is 1. The quantitative estimate of drug-likeness (QED) is 0.344. The molecule has 0 saturated heterocycles. The topological polar surface area (TPSA) is 14.1 Å². The van der Waals surface area contributed by atoms with E-state index in [-0.39, 0.29) is 35.5 Å². The fourth-order valence-electron chi connectivity index (χ4n) is 0.248. The van der Waals surface area contributed by atoms with Gasteiger partial charge in [0.1, 0.15) is 0 Å². The number of halogens is 1. The fourth-order valence-corrected chi connectivity index (χ4v) is 0.248. The molecule has 0 bridgehead atoms. The predicted molar refractivity (Wildman–Crippen MR) is 25.5 cm³/mol. The third kappa shape index (κ3) is 4.18. The van der Waals surface area contributed by atoms with Gasteiger partial charge in [0.05, 0.1) is 0 Å². The third-order valence-corrected chi connectivity index (χ3v) is 0.455. The van der Waals surface area contributed by atoms with Crippen LogP contribution in [0, 0.1) is 0 Å². The molecule has 0 aromatic carbocycles. The van der Waals surface area contributed by atoms with Crippen LogP contribution in [0.5, 0.6) is 0 Å². The second kappa shape index (κ2) is 6.34. The normalized spacial score (nSPS) is 5.71. The molecule has 34 valence electrons. The minimum Gasteiger partial charge on any atom is -1.00 e. The van der Waals surface area contributed by atoms with E-state index in [0.717, 1.165) is 0 Å². The predicted octanol–water partition coefficient (Wildman–Crippen LogP) is -2.73. The molecule has 3 heteroatoms. The van der Waals surface area contributed by atoms with E-state index in [1.54, 1.807) is 12.4 Å². The maximum atomic E-state index is 3.72. The Morgan fingerprint density at radius 2 is 1.43 bits per heavy atom. The van der Waals surface area contributed by atoms with E-state index >= 15 is 0 Å². The number of hydrogen-bond acceptors (Lipinski definition) is 0. The zero-order valence-electron chi connectivity index (χ0n) is 3.84. The molecule has 0 aliphatic heterocycles. The van der Waals surface area contributed by atoms with Crippen molar-refractivity contribution < 1.29 is 12.4 Å². The van der Waals surface area contributed by atoms with Gasteiger partial charge in [0.2, 0.25) is 0 Å². The second-order valence-electron chi connectivity index (χ2n) is 0.832. The van der Waals surface area contributed by atoms with Gasteiger partial charge in [-0.1, -0.05) is 12.1 Å². The monoisotopic (exact) mass is 125 g/mol. The van der Waals surface area contributed by atoms with Gasteiger partial charge in [-0.2, -0.15) is 12.4 Å². The maximum absolute atomic E-state index is 3.72. The molecule has 1 aromatic heterocycles. The molecule has 0 atom stereocenters. The van der Waals surface area contributed by atoms with Crippen LogP contribution in [0.2, 0.25) is 0 Å². The standard InChI is InChI=1S/C4H4N.ClH.Mg/c1-2-4-5-3-1;;/h1-4H;1H;/q-1;;+2/p-1. The molecular weight excluding hydrogens is 122 g/mol. The molecule has 0 aliphatic carbocycles. The summed E-state index contributed by atoms with van der Waals surface area (Å²) in [7, 11) is 0. The van der Waals surface area contributed by atoms with Gasteiger partial charge < -0.3 is 17.4 Å². The Bertz CT molecular complexity index is 68.2. The van der Waals surface area contributed by atoms with Crippen LogP contribution in [-0.4, -0.2) is 23.1 Å². The van der Waals surface area contributed by atoms with Crippen molar-refractivity contribution in [2.75, 3.05) is 0 Å².